The zero-order chi connectivity index (χ0) is 22.7. The summed E-state index contributed by atoms with van der Waals surface area (Å²) in [6, 6.07) is 1.05. The van der Waals surface area contributed by atoms with Crippen LogP contribution in [0, 0.1) is 34.5 Å². The minimum Gasteiger partial charge on any atom is -0.389 e. The number of piperidine rings is 1. The summed E-state index contributed by atoms with van der Waals surface area (Å²) in [5, 5.41) is 15.5. The Morgan fingerprint density at radius 2 is 1.69 bits per heavy atom. The normalized spacial score (nSPS) is 46.8. The van der Waals surface area contributed by atoms with Crippen LogP contribution in [0.3, 0.4) is 0 Å². The van der Waals surface area contributed by atoms with Crippen LogP contribution in [0.1, 0.15) is 104 Å². The second kappa shape index (κ2) is 8.26. The van der Waals surface area contributed by atoms with Gasteiger partial charge in [0.2, 0.25) is 5.91 Å². The molecule has 1 amide bonds. The van der Waals surface area contributed by atoms with Crippen LogP contribution in [-0.4, -0.2) is 47.2 Å². The molecule has 1 aliphatic heterocycles. The lowest BCUT2D eigenvalue weighted by atomic mass is 9.46. The molecule has 2 N–H and O–H groups in total. The maximum atomic E-state index is 12.4. The van der Waals surface area contributed by atoms with E-state index in [0.29, 0.717) is 23.9 Å². The highest BCUT2D eigenvalue weighted by molar-refractivity contribution is 5.77. The number of nitrogens with zero attached hydrogens (tertiary/aromatic N) is 1. The van der Waals surface area contributed by atoms with Crippen molar-refractivity contribution in [1.82, 2.24) is 10.2 Å². The molecule has 5 rings (SSSR count). The van der Waals surface area contributed by atoms with E-state index < -0.39 is 5.60 Å². The molecular weight excluding hydrogens is 396 g/mol. The van der Waals surface area contributed by atoms with E-state index in [1.165, 1.54) is 70.6 Å². The second-order valence-electron chi connectivity index (χ2n) is 13.2. The third-order valence-electron chi connectivity index (χ3n) is 11.7. The number of fused-ring (bicyclic) bond motifs is 5. The van der Waals surface area contributed by atoms with Gasteiger partial charge in [-0.2, -0.15) is 0 Å². The predicted octanol–water partition coefficient (Wildman–Crippen LogP) is 5.14. The van der Waals surface area contributed by atoms with Crippen LogP contribution in [0.2, 0.25) is 0 Å². The molecule has 5 aliphatic rings. The summed E-state index contributed by atoms with van der Waals surface area (Å²) in [7, 11) is 2.06. The molecular formula is C28H48N2O2. The van der Waals surface area contributed by atoms with Gasteiger partial charge in [-0.1, -0.05) is 33.1 Å². The van der Waals surface area contributed by atoms with Crippen molar-refractivity contribution in [3.8, 4) is 0 Å². The molecule has 1 heterocycles. The number of aliphatic hydroxyl groups is 1. The van der Waals surface area contributed by atoms with Crippen molar-refractivity contribution in [3.63, 3.8) is 0 Å². The molecule has 1 saturated heterocycles. The van der Waals surface area contributed by atoms with Gasteiger partial charge in [0.1, 0.15) is 0 Å². The van der Waals surface area contributed by atoms with E-state index in [1.807, 2.05) is 0 Å². The molecule has 0 radical (unpaired) electrons. The van der Waals surface area contributed by atoms with Crippen LogP contribution in [-0.2, 0) is 4.79 Å². The Kier molecular flexibility index (Phi) is 5.97. The maximum Gasteiger partial charge on any atom is 0.222 e. The first kappa shape index (κ1) is 23.1. The summed E-state index contributed by atoms with van der Waals surface area (Å²) in [6.07, 6.45) is 15.9. The summed E-state index contributed by atoms with van der Waals surface area (Å²) in [4.78, 5) is 14.5. The third-order valence-corrected chi connectivity index (χ3v) is 11.7. The quantitative estimate of drug-likeness (QED) is 0.631. The molecule has 5 unspecified atom stereocenters. The lowest BCUT2D eigenvalue weighted by Crippen LogP contribution is -2.62. The molecule has 0 aromatic carbocycles. The Balaban J connectivity index is 1.31. The monoisotopic (exact) mass is 444 g/mol. The van der Waals surface area contributed by atoms with Crippen molar-refractivity contribution in [2.24, 2.45) is 34.5 Å². The number of carbonyl (C=O) groups excluding carboxylic acids is 1. The highest BCUT2D eigenvalue weighted by Gasteiger charge is 2.63. The van der Waals surface area contributed by atoms with Gasteiger partial charge in [0.05, 0.1) is 5.60 Å². The summed E-state index contributed by atoms with van der Waals surface area (Å²) in [5.74, 6) is 3.03. The van der Waals surface area contributed by atoms with Crippen LogP contribution in [0.4, 0.5) is 0 Å². The lowest BCUT2D eigenvalue weighted by molar-refractivity contribution is -0.162. The van der Waals surface area contributed by atoms with Crippen LogP contribution < -0.4 is 5.32 Å². The summed E-state index contributed by atoms with van der Waals surface area (Å²) >= 11 is 0. The van der Waals surface area contributed by atoms with Gasteiger partial charge < -0.3 is 15.3 Å². The van der Waals surface area contributed by atoms with Crippen molar-refractivity contribution >= 4 is 5.91 Å². The Bertz CT molecular complexity index is 716. The maximum absolute atomic E-state index is 12.4. The van der Waals surface area contributed by atoms with E-state index >= 15 is 0 Å². The highest BCUT2D eigenvalue weighted by Crippen LogP contribution is 2.67. The zero-order valence-corrected chi connectivity index (χ0v) is 21.2. The van der Waals surface area contributed by atoms with Crippen molar-refractivity contribution in [1.29, 1.82) is 0 Å². The van der Waals surface area contributed by atoms with Gasteiger partial charge in [0.25, 0.3) is 0 Å². The molecule has 4 heteroatoms. The number of hydrogen-bond acceptors (Lipinski definition) is 3. The number of nitrogens with one attached hydrogen (secondary N) is 1. The fourth-order valence-corrected chi connectivity index (χ4v) is 9.95. The largest absolute Gasteiger partial charge is 0.389 e. The van der Waals surface area contributed by atoms with Gasteiger partial charge in [-0.15, -0.1) is 0 Å². The van der Waals surface area contributed by atoms with Crippen molar-refractivity contribution in [2.45, 2.75) is 122 Å². The Morgan fingerprint density at radius 3 is 2.44 bits per heavy atom. The van der Waals surface area contributed by atoms with Crippen molar-refractivity contribution in [3.05, 3.63) is 0 Å². The van der Waals surface area contributed by atoms with Gasteiger partial charge in [-0.05, 0) is 99.2 Å². The molecule has 4 saturated carbocycles. The number of hydrogen-bond donors (Lipinski definition) is 2. The van der Waals surface area contributed by atoms with Gasteiger partial charge in [0.15, 0.2) is 0 Å². The van der Waals surface area contributed by atoms with Crippen LogP contribution in [0.25, 0.3) is 0 Å². The zero-order valence-electron chi connectivity index (χ0n) is 21.2. The minimum atomic E-state index is -0.619. The molecule has 182 valence electrons. The minimum absolute atomic E-state index is 0.262. The summed E-state index contributed by atoms with van der Waals surface area (Å²) < 4.78 is 0. The first-order chi connectivity index (χ1) is 15.2. The van der Waals surface area contributed by atoms with E-state index in [4.69, 9.17) is 0 Å². The topological polar surface area (TPSA) is 52.6 Å². The van der Waals surface area contributed by atoms with Crippen molar-refractivity contribution < 1.29 is 9.90 Å². The van der Waals surface area contributed by atoms with E-state index in [0.717, 1.165) is 37.1 Å². The fourth-order valence-electron chi connectivity index (χ4n) is 9.95. The number of carbonyl (C=O) groups is 1. The van der Waals surface area contributed by atoms with Crippen LogP contribution in [0.5, 0.6) is 0 Å². The fraction of sp³-hybridized carbons (Fsp3) is 0.964. The molecule has 0 bridgehead atoms. The molecule has 4 aliphatic carbocycles. The Morgan fingerprint density at radius 1 is 0.969 bits per heavy atom. The molecule has 4 nitrogen and oxygen atoms in total. The molecule has 8 atom stereocenters. The first-order valence-corrected chi connectivity index (χ1v) is 13.9. The lowest BCUT2D eigenvalue weighted by Gasteiger charge is -2.62. The summed E-state index contributed by atoms with van der Waals surface area (Å²) in [6.45, 7) is 7.93. The highest BCUT2D eigenvalue weighted by atomic mass is 16.3. The average molecular weight is 445 g/mol. The average Bonchev–Trinajstić information content (AvgIpc) is 3.14. The van der Waals surface area contributed by atoms with E-state index in [9.17, 15) is 9.90 Å². The Labute approximate surface area is 196 Å². The van der Waals surface area contributed by atoms with Gasteiger partial charge in [-0.25, -0.2) is 0 Å². The van der Waals surface area contributed by atoms with Gasteiger partial charge in [0, 0.05) is 32.1 Å². The van der Waals surface area contributed by atoms with E-state index in [1.54, 1.807) is 0 Å². The van der Waals surface area contributed by atoms with E-state index in [2.05, 4.69) is 38.0 Å². The third kappa shape index (κ3) is 3.58. The molecule has 5 fully saturated rings. The number of rotatable bonds is 4. The predicted molar refractivity (Wildman–Crippen MR) is 129 cm³/mol. The standard InChI is InChI=1S/C28H48N2O2/c1-26-16-14-22-20(10-13-24-27(22,2)17-15-25(31)30(24)4)21(26)11-12-23(26)28(3,32)18-29-19-8-6-5-7-9-19/h19-24,29,32H,5-18H2,1-4H3/t20?,21?,22?,23-,24?,26-,27+,28?/m0/s1. The first-order valence-electron chi connectivity index (χ1n) is 13.9. The molecule has 0 aromatic heterocycles. The van der Waals surface area contributed by atoms with Gasteiger partial charge in [-0.3, -0.25) is 4.79 Å². The molecule has 32 heavy (non-hydrogen) atoms. The van der Waals surface area contributed by atoms with Gasteiger partial charge >= 0.3 is 0 Å². The number of amides is 1. The summed E-state index contributed by atoms with van der Waals surface area (Å²) in [5.41, 5.74) is -0.0685. The van der Waals surface area contributed by atoms with Crippen LogP contribution >= 0.6 is 0 Å². The van der Waals surface area contributed by atoms with E-state index in [-0.39, 0.29) is 10.8 Å². The number of likely N-dealkylation sites (tertiary alicyclic amines) is 1. The SMILES string of the molecule is CN1C(=O)CC[C@]2(C)C3CC[C@@]4(C)C(CC[C@@H]4C(C)(O)CNC4CCCCC4)C3CCC12. The Hall–Kier alpha value is -0.610. The smallest absolute Gasteiger partial charge is 0.222 e. The van der Waals surface area contributed by atoms with Crippen molar-refractivity contribution in [2.75, 3.05) is 13.6 Å². The van der Waals surface area contributed by atoms with Crippen LogP contribution in [0.15, 0.2) is 0 Å². The second-order valence-corrected chi connectivity index (χ2v) is 13.2. The molecule has 0 aromatic rings. The molecule has 0 spiro atoms.